The molecular weight excluding hydrogens is 292 g/mol. The van der Waals surface area contributed by atoms with Crippen molar-refractivity contribution in [2.75, 3.05) is 20.2 Å². The number of urea groups is 1. The van der Waals surface area contributed by atoms with Gasteiger partial charge in [0, 0.05) is 18.5 Å². The smallest absolute Gasteiger partial charge is 0.314 e. The summed E-state index contributed by atoms with van der Waals surface area (Å²) in [7, 11) is 1.64. The standard InChI is InChI=1S/C18H30N2O3/c1-13(2)16(21)18(3,4)12-20-17(22)19-10-9-14-7-6-8-15(11-14)23-5/h6-8,11,13,16,21H,9-10,12H2,1-5H3,(H2,19,20,22). The molecule has 2 amide bonds. The fraction of sp³-hybridized carbons (Fsp3) is 0.611. The number of carbonyl (C=O) groups is 1. The van der Waals surface area contributed by atoms with E-state index in [0.29, 0.717) is 13.1 Å². The van der Waals surface area contributed by atoms with Gasteiger partial charge in [0.2, 0.25) is 0 Å². The maximum atomic E-state index is 11.9. The van der Waals surface area contributed by atoms with Crippen LogP contribution in [0.4, 0.5) is 4.79 Å². The molecule has 0 aliphatic rings. The predicted octanol–water partition coefficient (Wildman–Crippen LogP) is 2.58. The Hall–Kier alpha value is -1.75. The molecule has 0 heterocycles. The molecule has 1 unspecified atom stereocenters. The second-order valence-electron chi connectivity index (χ2n) is 6.89. The molecule has 23 heavy (non-hydrogen) atoms. The van der Waals surface area contributed by atoms with Gasteiger partial charge in [-0.2, -0.15) is 0 Å². The Morgan fingerprint density at radius 3 is 2.61 bits per heavy atom. The summed E-state index contributed by atoms with van der Waals surface area (Å²) in [5.41, 5.74) is 0.749. The Morgan fingerprint density at radius 1 is 1.30 bits per heavy atom. The Labute approximate surface area is 139 Å². The number of aliphatic hydroxyl groups is 1. The highest BCUT2D eigenvalue weighted by Gasteiger charge is 2.30. The minimum absolute atomic E-state index is 0.155. The highest BCUT2D eigenvalue weighted by atomic mass is 16.5. The van der Waals surface area contributed by atoms with E-state index >= 15 is 0 Å². The summed E-state index contributed by atoms with van der Waals surface area (Å²) in [5.74, 6) is 0.972. The molecule has 0 saturated heterocycles. The molecule has 130 valence electrons. The van der Waals surface area contributed by atoms with Crippen LogP contribution < -0.4 is 15.4 Å². The van der Waals surface area contributed by atoms with Gasteiger partial charge in [-0.15, -0.1) is 0 Å². The number of hydrogen-bond acceptors (Lipinski definition) is 3. The van der Waals surface area contributed by atoms with E-state index in [-0.39, 0.29) is 17.4 Å². The first kappa shape index (κ1) is 19.3. The third-order valence-electron chi connectivity index (χ3n) is 3.97. The Kier molecular flexibility index (Phi) is 7.36. The van der Waals surface area contributed by atoms with Gasteiger partial charge in [0.05, 0.1) is 13.2 Å². The van der Waals surface area contributed by atoms with Crippen molar-refractivity contribution in [3.8, 4) is 5.75 Å². The Bertz CT molecular complexity index is 501. The number of rotatable bonds is 8. The molecule has 0 fully saturated rings. The van der Waals surface area contributed by atoms with Crippen molar-refractivity contribution in [1.29, 1.82) is 0 Å². The first-order chi connectivity index (χ1) is 10.8. The van der Waals surface area contributed by atoms with Crippen LogP contribution in [0.2, 0.25) is 0 Å². The summed E-state index contributed by atoms with van der Waals surface area (Å²) >= 11 is 0. The van der Waals surface area contributed by atoms with Gasteiger partial charge in [0.1, 0.15) is 5.75 Å². The molecule has 0 bridgehead atoms. The average molecular weight is 322 g/mol. The molecule has 1 atom stereocenters. The number of carbonyl (C=O) groups excluding carboxylic acids is 1. The van der Waals surface area contributed by atoms with E-state index in [2.05, 4.69) is 10.6 Å². The lowest BCUT2D eigenvalue weighted by atomic mass is 9.81. The maximum Gasteiger partial charge on any atom is 0.314 e. The second-order valence-corrected chi connectivity index (χ2v) is 6.89. The molecule has 3 N–H and O–H groups in total. The first-order valence-electron chi connectivity index (χ1n) is 8.09. The minimum Gasteiger partial charge on any atom is -0.497 e. The number of aliphatic hydroxyl groups excluding tert-OH is 1. The molecule has 0 saturated carbocycles. The van der Waals surface area contributed by atoms with Crippen LogP contribution in [0.25, 0.3) is 0 Å². The van der Waals surface area contributed by atoms with Gasteiger partial charge in [-0.3, -0.25) is 0 Å². The second kappa shape index (κ2) is 8.77. The molecule has 1 rings (SSSR count). The number of methoxy groups -OCH3 is 1. The number of ether oxygens (including phenoxy) is 1. The molecule has 0 radical (unpaired) electrons. The van der Waals surface area contributed by atoms with Crippen LogP contribution in [-0.4, -0.2) is 37.4 Å². The van der Waals surface area contributed by atoms with Crippen LogP contribution >= 0.6 is 0 Å². The van der Waals surface area contributed by atoms with Crippen LogP contribution in [0.1, 0.15) is 33.3 Å². The van der Waals surface area contributed by atoms with E-state index in [9.17, 15) is 9.90 Å². The molecule has 5 nitrogen and oxygen atoms in total. The summed E-state index contributed by atoms with van der Waals surface area (Å²) in [4.78, 5) is 11.9. The van der Waals surface area contributed by atoms with Crippen LogP contribution in [0.3, 0.4) is 0 Å². The number of hydrogen-bond donors (Lipinski definition) is 3. The third kappa shape index (κ3) is 6.48. The lowest BCUT2D eigenvalue weighted by Crippen LogP contribution is -2.46. The molecule has 0 aliphatic heterocycles. The first-order valence-corrected chi connectivity index (χ1v) is 8.09. The number of benzene rings is 1. The summed E-state index contributed by atoms with van der Waals surface area (Å²) in [5, 5.41) is 15.8. The normalized spacial score (nSPS) is 12.8. The van der Waals surface area contributed by atoms with Crippen LogP contribution in [0, 0.1) is 11.3 Å². The topological polar surface area (TPSA) is 70.6 Å². The molecule has 0 aliphatic carbocycles. The van der Waals surface area contributed by atoms with Gasteiger partial charge >= 0.3 is 6.03 Å². The Morgan fingerprint density at radius 2 is 2.00 bits per heavy atom. The van der Waals surface area contributed by atoms with E-state index in [1.165, 1.54) is 0 Å². The van der Waals surface area contributed by atoms with E-state index in [1.807, 2.05) is 52.0 Å². The zero-order valence-electron chi connectivity index (χ0n) is 14.8. The maximum absolute atomic E-state index is 11.9. The van der Waals surface area contributed by atoms with Crippen molar-refractivity contribution in [2.24, 2.45) is 11.3 Å². The highest BCUT2D eigenvalue weighted by Crippen LogP contribution is 2.24. The van der Waals surface area contributed by atoms with E-state index < -0.39 is 6.10 Å². The zero-order chi connectivity index (χ0) is 17.5. The summed E-state index contributed by atoms with van der Waals surface area (Å²) < 4.78 is 5.18. The predicted molar refractivity (Wildman–Crippen MR) is 92.7 cm³/mol. The minimum atomic E-state index is -0.459. The van der Waals surface area contributed by atoms with Gasteiger partial charge in [-0.25, -0.2) is 4.79 Å². The van der Waals surface area contributed by atoms with Crippen LogP contribution in [0.5, 0.6) is 5.75 Å². The SMILES string of the molecule is COc1cccc(CCNC(=O)NCC(C)(C)C(O)C(C)C)c1. The molecule has 1 aromatic carbocycles. The lowest BCUT2D eigenvalue weighted by molar-refractivity contribution is 0.0151. The quantitative estimate of drug-likeness (QED) is 0.689. The van der Waals surface area contributed by atoms with Gasteiger partial charge in [0.15, 0.2) is 0 Å². The molecule has 5 heteroatoms. The van der Waals surface area contributed by atoms with Gasteiger partial charge < -0.3 is 20.5 Å². The molecule has 0 aromatic heterocycles. The molecule has 1 aromatic rings. The van der Waals surface area contributed by atoms with Crippen LogP contribution in [0.15, 0.2) is 24.3 Å². The summed E-state index contributed by atoms with van der Waals surface area (Å²) in [6, 6.07) is 7.58. The lowest BCUT2D eigenvalue weighted by Gasteiger charge is -2.33. The Balaban J connectivity index is 2.34. The molecule has 0 spiro atoms. The van der Waals surface area contributed by atoms with Crippen molar-refractivity contribution >= 4 is 6.03 Å². The van der Waals surface area contributed by atoms with Gasteiger partial charge in [0.25, 0.3) is 0 Å². The monoisotopic (exact) mass is 322 g/mol. The van der Waals surface area contributed by atoms with Crippen LogP contribution in [-0.2, 0) is 6.42 Å². The number of amides is 2. The van der Waals surface area contributed by atoms with Crippen molar-refractivity contribution in [3.05, 3.63) is 29.8 Å². The van der Waals surface area contributed by atoms with Gasteiger partial charge in [-0.05, 0) is 30.0 Å². The fourth-order valence-electron chi connectivity index (χ4n) is 2.53. The largest absolute Gasteiger partial charge is 0.497 e. The van der Waals surface area contributed by atoms with E-state index in [1.54, 1.807) is 7.11 Å². The van der Waals surface area contributed by atoms with Gasteiger partial charge in [-0.1, -0.05) is 39.8 Å². The fourth-order valence-corrected chi connectivity index (χ4v) is 2.53. The van der Waals surface area contributed by atoms with E-state index in [0.717, 1.165) is 17.7 Å². The van der Waals surface area contributed by atoms with E-state index in [4.69, 9.17) is 4.74 Å². The van der Waals surface area contributed by atoms with Crippen molar-refractivity contribution in [3.63, 3.8) is 0 Å². The van der Waals surface area contributed by atoms with Crippen molar-refractivity contribution in [1.82, 2.24) is 10.6 Å². The highest BCUT2D eigenvalue weighted by molar-refractivity contribution is 5.73. The van der Waals surface area contributed by atoms with Crippen molar-refractivity contribution < 1.29 is 14.6 Å². The average Bonchev–Trinajstić information content (AvgIpc) is 2.52. The number of nitrogens with one attached hydrogen (secondary N) is 2. The van der Waals surface area contributed by atoms with Crippen molar-refractivity contribution in [2.45, 2.75) is 40.2 Å². The summed E-state index contributed by atoms with van der Waals surface area (Å²) in [6.45, 7) is 8.83. The third-order valence-corrected chi connectivity index (χ3v) is 3.97. The summed E-state index contributed by atoms with van der Waals surface area (Å²) in [6.07, 6.45) is 0.280. The zero-order valence-corrected chi connectivity index (χ0v) is 14.8. The molecular formula is C18H30N2O3.